The van der Waals surface area contributed by atoms with Crippen LogP contribution in [0.1, 0.15) is 50.3 Å². The average molecular weight is 377 g/mol. The zero-order valence-corrected chi connectivity index (χ0v) is 16.7. The second-order valence-electron chi connectivity index (χ2n) is 8.71. The van der Waals surface area contributed by atoms with E-state index < -0.39 is 0 Å². The maximum Gasteiger partial charge on any atom is 0.152 e. The number of fused-ring (bicyclic) bond motifs is 1. The molecule has 28 heavy (non-hydrogen) atoms. The van der Waals surface area contributed by atoms with Crippen molar-refractivity contribution in [3.05, 3.63) is 48.1 Å². The van der Waals surface area contributed by atoms with Crippen LogP contribution in [0.5, 0.6) is 0 Å². The van der Waals surface area contributed by atoms with E-state index in [-0.39, 0.29) is 0 Å². The number of aromatic nitrogens is 2. The summed E-state index contributed by atoms with van der Waals surface area (Å²) >= 11 is 0. The second-order valence-corrected chi connectivity index (χ2v) is 8.71. The molecule has 0 bridgehead atoms. The molecule has 146 valence electrons. The summed E-state index contributed by atoms with van der Waals surface area (Å²) in [5.41, 5.74) is 6.56. The van der Waals surface area contributed by atoms with Crippen molar-refractivity contribution in [1.82, 2.24) is 9.97 Å². The van der Waals surface area contributed by atoms with Crippen molar-refractivity contribution in [2.24, 2.45) is 11.8 Å². The molecule has 3 aromatic heterocycles. The van der Waals surface area contributed by atoms with Gasteiger partial charge in [0.25, 0.3) is 0 Å². The monoisotopic (exact) mass is 376 g/mol. The Bertz CT molecular complexity index is 968. The highest BCUT2D eigenvalue weighted by Gasteiger charge is 2.28. The molecule has 3 aromatic rings. The van der Waals surface area contributed by atoms with E-state index >= 15 is 0 Å². The number of anilines is 2. The lowest BCUT2D eigenvalue weighted by Crippen LogP contribution is -2.39. The third kappa shape index (κ3) is 3.46. The molecule has 5 nitrogen and oxygen atoms in total. The lowest BCUT2D eigenvalue weighted by atomic mass is 9.91. The molecule has 5 rings (SSSR count). The Kier molecular flexibility index (Phi) is 4.46. The van der Waals surface area contributed by atoms with E-state index in [2.05, 4.69) is 41.2 Å². The van der Waals surface area contributed by atoms with Gasteiger partial charge in [0.15, 0.2) is 5.58 Å². The molecule has 0 radical (unpaired) electrons. The van der Waals surface area contributed by atoms with E-state index in [0.29, 0.717) is 12.5 Å². The molecule has 2 aliphatic rings. The second kappa shape index (κ2) is 7.12. The van der Waals surface area contributed by atoms with Crippen LogP contribution >= 0.6 is 0 Å². The summed E-state index contributed by atoms with van der Waals surface area (Å²) in [5, 5.41) is 3.58. The molecule has 2 fully saturated rings. The Balaban J connectivity index is 1.36. The normalized spacial score (nSPS) is 22.6. The molecule has 4 heterocycles. The van der Waals surface area contributed by atoms with Gasteiger partial charge in [0, 0.05) is 24.8 Å². The third-order valence-electron chi connectivity index (χ3n) is 5.99. The number of nitrogens with one attached hydrogen (secondary N) is 1. The molecule has 1 N–H and O–H groups in total. The minimum atomic E-state index is 0.643. The van der Waals surface area contributed by atoms with Gasteiger partial charge in [-0.15, -0.1) is 0 Å². The first-order valence-electron chi connectivity index (χ1n) is 10.5. The van der Waals surface area contributed by atoms with Gasteiger partial charge in [-0.25, -0.2) is 4.98 Å². The van der Waals surface area contributed by atoms with E-state index in [1.807, 2.05) is 24.7 Å². The number of pyridine rings is 2. The van der Waals surface area contributed by atoms with Crippen LogP contribution in [-0.4, -0.2) is 23.1 Å². The molecule has 2 unspecified atom stereocenters. The highest BCUT2D eigenvalue weighted by atomic mass is 16.3. The fraction of sp³-hybridized carbons (Fsp3) is 0.478. The quantitative estimate of drug-likeness (QED) is 0.664. The smallest absolute Gasteiger partial charge is 0.152 e. The molecule has 1 aliphatic heterocycles. The van der Waals surface area contributed by atoms with Gasteiger partial charge in [0.1, 0.15) is 5.52 Å². The highest BCUT2D eigenvalue weighted by Crippen LogP contribution is 2.43. The van der Waals surface area contributed by atoms with E-state index in [9.17, 15) is 0 Å². The van der Waals surface area contributed by atoms with E-state index in [1.54, 1.807) is 0 Å². The van der Waals surface area contributed by atoms with Crippen molar-refractivity contribution in [3.8, 4) is 0 Å². The summed E-state index contributed by atoms with van der Waals surface area (Å²) in [6.07, 6.45) is 9.54. The topological polar surface area (TPSA) is 54.2 Å². The summed E-state index contributed by atoms with van der Waals surface area (Å²) in [6, 6.07) is 6.23. The molecule has 1 saturated heterocycles. The van der Waals surface area contributed by atoms with Gasteiger partial charge in [-0.3, -0.25) is 4.98 Å². The van der Waals surface area contributed by atoms with Crippen LogP contribution in [0.15, 0.2) is 41.3 Å². The Morgan fingerprint density at radius 1 is 1.14 bits per heavy atom. The minimum Gasteiger partial charge on any atom is -0.462 e. The fourth-order valence-corrected chi connectivity index (χ4v) is 4.60. The van der Waals surface area contributed by atoms with Gasteiger partial charge in [-0.2, -0.15) is 0 Å². The van der Waals surface area contributed by atoms with Crippen LogP contribution in [-0.2, 0) is 6.54 Å². The van der Waals surface area contributed by atoms with E-state index in [0.717, 1.165) is 47.4 Å². The lowest BCUT2D eigenvalue weighted by molar-refractivity contribution is 0.357. The van der Waals surface area contributed by atoms with Crippen molar-refractivity contribution < 1.29 is 4.42 Å². The van der Waals surface area contributed by atoms with Crippen LogP contribution in [0, 0.1) is 11.8 Å². The van der Waals surface area contributed by atoms with Gasteiger partial charge in [-0.05, 0) is 55.2 Å². The largest absolute Gasteiger partial charge is 0.462 e. The SMILES string of the molecule is CC1CC(C)CN(c2ccncc2NCc2ccc3occ(C4CC4)c3n2)C1. The first-order valence-corrected chi connectivity index (χ1v) is 10.5. The predicted octanol–water partition coefficient (Wildman–Crippen LogP) is 5.19. The summed E-state index contributed by atoms with van der Waals surface area (Å²) in [7, 11) is 0. The van der Waals surface area contributed by atoms with Crippen molar-refractivity contribution in [1.29, 1.82) is 0 Å². The van der Waals surface area contributed by atoms with Crippen LogP contribution in [0.25, 0.3) is 11.1 Å². The molecule has 0 aromatic carbocycles. The maximum atomic E-state index is 5.69. The van der Waals surface area contributed by atoms with Crippen molar-refractivity contribution in [2.75, 3.05) is 23.3 Å². The summed E-state index contributed by atoms with van der Waals surface area (Å²) in [4.78, 5) is 11.7. The Morgan fingerprint density at radius 3 is 2.75 bits per heavy atom. The lowest BCUT2D eigenvalue weighted by Gasteiger charge is -2.37. The summed E-state index contributed by atoms with van der Waals surface area (Å²) < 4.78 is 5.69. The van der Waals surface area contributed by atoms with E-state index in [1.165, 1.54) is 30.5 Å². The molecule has 1 saturated carbocycles. The van der Waals surface area contributed by atoms with Crippen LogP contribution in [0.3, 0.4) is 0 Å². The van der Waals surface area contributed by atoms with E-state index in [4.69, 9.17) is 9.40 Å². The van der Waals surface area contributed by atoms with Crippen molar-refractivity contribution in [2.45, 2.75) is 45.6 Å². The molecule has 1 aliphatic carbocycles. The van der Waals surface area contributed by atoms with Gasteiger partial charge >= 0.3 is 0 Å². The summed E-state index contributed by atoms with van der Waals surface area (Å²) in [6.45, 7) is 7.58. The van der Waals surface area contributed by atoms with Gasteiger partial charge in [0.05, 0.1) is 36.1 Å². The molecule has 5 heteroatoms. The fourth-order valence-electron chi connectivity index (χ4n) is 4.60. The van der Waals surface area contributed by atoms with Crippen LogP contribution in [0.4, 0.5) is 11.4 Å². The number of hydrogen-bond donors (Lipinski definition) is 1. The van der Waals surface area contributed by atoms with Crippen molar-refractivity contribution >= 4 is 22.5 Å². The maximum absolute atomic E-state index is 5.69. The zero-order valence-electron chi connectivity index (χ0n) is 16.7. The Morgan fingerprint density at radius 2 is 1.96 bits per heavy atom. The first kappa shape index (κ1) is 17.5. The Hall–Kier alpha value is -2.56. The molecule has 2 atom stereocenters. The number of hydrogen-bond acceptors (Lipinski definition) is 5. The van der Waals surface area contributed by atoms with Gasteiger partial charge in [0.2, 0.25) is 0 Å². The number of rotatable bonds is 5. The first-order chi connectivity index (χ1) is 13.7. The molecule has 0 spiro atoms. The molecular formula is C23H28N4O. The number of furan rings is 1. The zero-order chi connectivity index (χ0) is 19.1. The molecular weight excluding hydrogens is 348 g/mol. The third-order valence-corrected chi connectivity index (χ3v) is 5.99. The predicted molar refractivity (Wildman–Crippen MR) is 113 cm³/mol. The standard InChI is InChI=1S/C23H28N4O/c1-15-9-16(2)13-27(12-15)21-7-8-24-11-20(21)25-10-18-5-6-22-23(26-18)19(14-28-22)17-3-4-17/h5-8,11,14-17,25H,3-4,9-10,12-13H2,1-2H3. The average Bonchev–Trinajstić information content (AvgIpc) is 3.45. The highest BCUT2D eigenvalue weighted by molar-refractivity contribution is 5.78. The minimum absolute atomic E-state index is 0.643. The van der Waals surface area contributed by atoms with Gasteiger partial charge < -0.3 is 14.6 Å². The number of nitrogens with zero attached hydrogens (tertiary/aromatic N) is 3. The summed E-state index contributed by atoms with van der Waals surface area (Å²) in [5.74, 6) is 2.08. The van der Waals surface area contributed by atoms with Crippen LogP contribution < -0.4 is 10.2 Å². The Labute approximate surface area is 166 Å². The number of piperidine rings is 1. The van der Waals surface area contributed by atoms with Crippen molar-refractivity contribution in [3.63, 3.8) is 0 Å². The molecule has 0 amide bonds. The van der Waals surface area contributed by atoms with Gasteiger partial charge in [-0.1, -0.05) is 13.8 Å². The van der Waals surface area contributed by atoms with Crippen LogP contribution in [0.2, 0.25) is 0 Å².